The Morgan fingerprint density at radius 3 is 2.75 bits per heavy atom. The Hall–Kier alpha value is -0.870. The molecule has 16 heavy (non-hydrogen) atoms. The van der Waals surface area contributed by atoms with E-state index in [1.54, 1.807) is 0 Å². The molecular formula is C12H14BrNO2. The number of benzene rings is 1. The number of halogens is 1. The van der Waals surface area contributed by atoms with E-state index in [9.17, 15) is 4.79 Å². The molecule has 0 aliphatic carbocycles. The van der Waals surface area contributed by atoms with E-state index in [0.29, 0.717) is 6.54 Å². The molecule has 0 unspecified atom stereocenters. The monoisotopic (exact) mass is 283 g/mol. The van der Waals surface area contributed by atoms with E-state index in [2.05, 4.69) is 15.9 Å². The summed E-state index contributed by atoms with van der Waals surface area (Å²) in [5.41, 5.74) is 1.12. The zero-order chi connectivity index (χ0) is 11.5. The molecule has 0 saturated carbocycles. The number of carbonyl (C=O) groups is 1. The maximum Gasteiger partial charge on any atom is 0.248 e. The largest absolute Gasteiger partial charge is 0.362 e. The summed E-state index contributed by atoms with van der Waals surface area (Å²) in [5, 5.41) is 0. The van der Waals surface area contributed by atoms with Crippen LogP contribution >= 0.6 is 15.9 Å². The number of carbonyl (C=O) groups excluding carboxylic acids is 1. The molecule has 86 valence electrons. The first-order valence-electron chi connectivity index (χ1n) is 5.35. The lowest BCUT2D eigenvalue weighted by atomic mass is 10.1. The van der Waals surface area contributed by atoms with Crippen LogP contribution in [0.4, 0.5) is 0 Å². The highest BCUT2D eigenvalue weighted by molar-refractivity contribution is 9.10. The lowest BCUT2D eigenvalue weighted by Crippen LogP contribution is -2.42. The van der Waals surface area contributed by atoms with Crippen molar-refractivity contribution in [2.24, 2.45) is 0 Å². The van der Waals surface area contributed by atoms with Gasteiger partial charge in [-0.05, 0) is 24.6 Å². The molecule has 1 aliphatic heterocycles. The molecule has 1 aliphatic rings. The molecule has 1 fully saturated rings. The molecule has 2 rings (SSSR count). The molecule has 1 saturated heterocycles. The lowest BCUT2D eigenvalue weighted by molar-refractivity contribution is -0.148. The van der Waals surface area contributed by atoms with Crippen molar-refractivity contribution in [1.29, 1.82) is 0 Å². The van der Waals surface area contributed by atoms with Gasteiger partial charge >= 0.3 is 0 Å². The molecule has 1 aromatic carbocycles. The van der Waals surface area contributed by atoms with E-state index in [-0.39, 0.29) is 18.6 Å². The smallest absolute Gasteiger partial charge is 0.248 e. The predicted octanol–water partition coefficient (Wildman–Crippen LogP) is 2.37. The third-order valence-corrected chi connectivity index (χ3v) is 3.30. The summed E-state index contributed by atoms with van der Waals surface area (Å²) in [7, 11) is 0. The van der Waals surface area contributed by atoms with E-state index in [1.807, 2.05) is 36.1 Å². The summed E-state index contributed by atoms with van der Waals surface area (Å²) in [6, 6.07) is 8.04. The van der Waals surface area contributed by atoms with Gasteiger partial charge in [0.25, 0.3) is 0 Å². The fourth-order valence-electron chi connectivity index (χ4n) is 1.80. The van der Waals surface area contributed by atoms with Gasteiger partial charge in [0.1, 0.15) is 12.7 Å². The zero-order valence-electron chi connectivity index (χ0n) is 9.15. The van der Waals surface area contributed by atoms with Crippen LogP contribution in [0.25, 0.3) is 0 Å². The van der Waals surface area contributed by atoms with Crippen LogP contribution < -0.4 is 0 Å². The number of rotatable bonds is 2. The van der Waals surface area contributed by atoms with Crippen molar-refractivity contribution in [1.82, 2.24) is 4.90 Å². The second kappa shape index (κ2) is 4.97. The predicted molar refractivity (Wildman–Crippen MR) is 65.1 cm³/mol. The molecule has 1 heterocycles. The second-order valence-corrected chi connectivity index (χ2v) is 4.70. The first-order valence-corrected chi connectivity index (χ1v) is 6.15. The second-order valence-electron chi connectivity index (χ2n) is 3.78. The van der Waals surface area contributed by atoms with Crippen molar-refractivity contribution in [3.63, 3.8) is 0 Å². The van der Waals surface area contributed by atoms with Gasteiger partial charge in [0.15, 0.2) is 0 Å². The lowest BCUT2D eigenvalue weighted by Gasteiger charge is -2.32. The summed E-state index contributed by atoms with van der Waals surface area (Å²) < 4.78 is 6.59. The van der Waals surface area contributed by atoms with Crippen molar-refractivity contribution in [3.8, 4) is 0 Å². The maximum absolute atomic E-state index is 11.4. The Bertz CT molecular complexity index is 377. The number of nitrogens with zero attached hydrogens (tertiary/aromatic N) is 1. The number of hydrogen-bond donors (Lipinski definition) is 0. The van der Waals surface area contributed by atoms with Crippen LogP contribution in [0.15, 0.2) is 28.7 Å². The highest BCUT2D eigenvalue weighted by Crippen LogP contribution is 2.23. The fraction of sp³-hybridized carbons (Fsp3) is 0.417. The quantitative estimate of drug-likeness (QED) is 0.834. The van der Waals surface area contributed by atoms with Crippen LogP contribution in [0.3, 0.4) is 0 Å². The third-order valence-electron chi connectivity index (χ3n) is 2.77. The number of hydrogen-bond acceptors (Lipinski definition) is 2. The molecule has 1 atom stereocenters. The Labute approximate surface area is 104 Å². The van der Waals surface area contributed by atoms with Gasteiger partial charge in [0.05, 0.1) is 6.54 Å². The number of ether oxygens (including phenoxy) is 1. The Morgan fingerprint density at radius 2 is 2.12 bits per heavy atom. The van der Waals surface area contributed by atoms with Gasteiger partial charge in [-0.2, -0.15) is 0 Å². The number of likely N-dealkylation sites (N-methyl/N-ethyl adjacent to an activating group) is 1. The first kappa shape index (κ1) is 11.6. The van der Waals surface area contributed by atoms with Crippen molar-refractivity contribution >= 4 is 21.8 Å². The Morgan fingerprint density at radius 1 is 1.44 bits per heavy atom. The van der Waals surface area contributed by atoms with E-state index < -0.39 is 0 Å². The van der Waals surface area contributed by atoms with E-state index in [4.69, 9.17) is 4.74 Å². The van der Waals surface area contributed by atoms with Crippen molar-refractivity contribution in [2.45, 2.75) is 13.0 Å². The van der Waals surface area contributed by atoms with E-state index >= 15 is 0 Å². The fourth-order valence-corrected chi connectivity index (χ4v) is 2.07. The van der Waals surface area contributed by atoms with Crippen LogP contribution in [0.5, 0.6) is 0 Å². The number of morpholine rings is 1. The van der Waals surface area contributed by atoms with Crippen molar-refractivity contribution in [2.75, 3.05) is 19.7 Å². The minimum absolute atomic E-state index is 0.00532. The van der Waals surface area contributed by atoms with Gasteiger partial charge in [-0.3, -0.25) is 4.79 Å². The van der Waals surface area contributed by atoms with Gasteiger partial charge in [0, 0.05) is 11.0 Å². The molecule has 1 amide bonds. The zero-order valence-corrected chi connectivity index (χ0v) is 10.7. The van der Waals surface area contributed by atoms with E-state index in [1.165, 1.54) is 0 Å². The number of amides is 1. The molecule has 0 radical (unpaired) electrons. The molecule has 4 heteroatoms. The van der Waals surface area contributed by atoms with Crippen LogP contribution in [-0.2, 0) is 9.53 Å². The highest BCUT2D eigenvalue weighted by Gasteiger charge is 2.25. The van der Waals surface area contributed by atoms with Crippen molar-refractivity contribution in [3.05, 3.63) is 34.3 Å². The minimum atomic E-state index is 0.00532. The Kier molecular flexibility index (Phi) is 3.61. The maximum atomic E-state index is 11.4. The van der Waals surface area contributed by atoms with Crippen LogP contribution in [0, 0.1) is 0 Å². The molecule has 0 bridgehead atoms. The van der Waals surface area contributed by atoms with Gasteiger partial charge in [-0.1, -0.05) is 28.1 Å². The molecule has 1 aromatic rings. The van der Waals surface area contributed by atoms with Crippen LogP contribution in [-0.4, -0.2) is 30.5 Å². The van der Waals surface area contributed by atoms with Crippen LogP contribution in [0.1, 0.15) is 18.6 Å². The minimum Gasteiger partial charge on any atom is -0.362 e. The molecule has 0 spiro atoms. The SMILES string of the molecule is CCN1C[C@H](c2ccc(Br)cc2)OCC1=O. The molecule has 0 N–H and O–H groups in total. The van der Waals surface area contributed by atoms with Gasteiger partial charge in [0.2, 0.25) is 5.91 Å². The third kappa shape index (κ3) is 2.44. The summed E-state index contributed by atoms with van der Waals surface area (Å²) in [4.78, 5) is 13.3. The van der Waals surface area contributed by atoms with Gasteiger partial charge < -0.3 is 9.64 Å². The Balaban J connectivity index is 2.11. The summed E-state index contributed by atoms with van der Waals surface area (Å²) in [5.74, 6) is 0.0795. The summed E-state index contributed by atoms with van der Waals surface area (Å²) in [6.45, 7) is 3.57. The molecule has 0 aromatic heterocycles. The topological polar surface area (TPSA) is 29.5 Å². The molecule has 3 nitrogen and oxygen atoms in total. The summed E-state index contributed by atoms with van der Waals surface area (Å²) >= 11 is 3.40. The average molecular weight is 284 g/mol. The summed E-state index contributed by atoms with van der Waals surface area (Å²) in [6.07, 6.45) is 0.00532. The van der Waals surface area contributed by atoms with Crippen LogP contribution in [0.2, 0.25) is 0 Å². The van der Waals surface area contributed by atoms with E-state index in [0.717, 1.165) is 16.6 Å². The molecular weight excluding hydrogens is 270 g/mol. The van der Waals surface area contributed by atoms with Gasteiger partial charge in [-0.15, -0.1) is 0 Å². The highest BCUT2D eigenvalue weighted by atomic mass is 79.9. The average Bonchev–Trinajstić information content (AvgIpc) is 2.31. The standard InChI is InChI=1S/C12H14BrNO2/c1-2-14-7-11(16-8-12(14)15)9-3-5-10(13)6-4-9/h3-6,11H,2,7-8H2,1H3/t11-/m1/s1. The normalized spacial score (nSPS) is 21.2. The first-order chi connectivity index (χ1) is 7.70. The van der Waals surface area contributed by atoms with Gasteiger partial charge in [-0.25, -0.2) is 0 Å². The van der Waals surface area contributed by atoms with Crippen molar-refractivity contribution < 1.29 is 9.53 Å².